The molecular formula is C12H13F2NO5. The first-order chi connectivity index (χ1) is 9.47. The number of carbonyl (C=O) groups is 2. The van der Waals surface area contributed by atoms with Crippen molar-refractivity contribution in [2.75, 3.05) is 20.3 Å². The lowest BCUT2D eigenvalue weighted by Crippen LogP contribution is -2.45. The lowest BCUT2D eigenvalue weighted by Gasteiger charge is -2.14. The zero-order valence-corrected chi connectivity index (χ0v) is 10.6. The minimum Gasteiger partial charge on any atom is -0.481 e. The van der Waals surface area contributed by atoms with Gasteiger partial charge in [-0.1, -0.05) is 0 Å². The Hall–Kier alpha value is -2.22. The molecule has 0 fully saturated rings. The van der Waals surface area contributed by atoms with Crippen LogP contribution in [-0.4, -0.2) is 43.3 Å². The monoisotopic (exact) mass is 289 g/mol. The molecule has 0 heterocycles. The van der Waals surface area contributed by atoms with Crippen molar-refractivity contribution < 1.29 is 33.0 Å². The van der Waals surface area contributed by atoms with Crippen molar-refractivity contribution in [3.8, 4) is 5.75 Å². The van der Waals surface area contributed by atoms with Gasteiger partial charge in [0.15, 0.2) is 24.2 Å². The van der Waals surface area contributed by atoms with Crippen molar-refractivity contribution in [3.63, 3.8) is 0 Å². The van der Waals surface area contributed by atoms with Crippen LogP contribution >= 0.6 is 0 Å². The van der Waals surface area contributed by atoms with Gasteiger partial charge in [-0.3, -0.25) is 4.79 Å². The van der Waals surface area contributed by atoms with E-state index in [0.29, 0.717) is 6.07 Å². The maximum atomic E-state index is 13.2. The highest BCUT2D eigenvalue weighted by Crippen LogP contribution is 2.17. The van der Waals surface area contributed by atoms with Crippen LogP contribution < -0.4 is 10.1 Å². The lowest BCUT2D eigenvalue weighted by atomic mass is 10.3. The molecule has 2 N–H and O–H groups in total. The maximum absolute atomic E-state index is 13.2. The summed E-state index contributed by atoms with van der Waals surface area (Å²) in [5.41, 5.74) is 0. The topological polar surface area (TPSA) is 84.9 Å². The first-order valence-corrected chi connectivity index (χ1v) is 5.53. The molecule has 1 atom stereocenters. The van der Waals surface area contributed by atoms with E-state index >= 15 is 0 Å². The molecule has 0 spiro atoms. The van der Waals surface area contributed by atoms with Crippen molar-refractivity contribution in [1.82, 2.24) is 5.32 Å². The van der Waals surface area contributed by atoms with E-state index in [1.165, 1.54) is 0 Å². The number of methoxy groups -OCH3 is 1. The number of carbonyl (C=O) groups excluding carboxylic acids is 2. The molecule has 8 heteroatoms. The molecule has 1 amide bonds. The van der Waals surface area contributed by atoms with Gasteiger partial charge in [0.25, 0.3) is 5.91 Å². The molecule has 0 saturated carbocycles. The summed E-state index contributed by atoms with van der Waals surface area (Å²) in [4.78, 5) is 22.5. The van der Waals surface area contributed by atoms with Gasteiger partial charge in [0.05, 0.1) is 13.7 Å². The third-order valence-corrected chi connectivity index (χ3v) is 2.26. The van der Waals surface area contributed by atoms with Crippen LogP contribution in [0.1, 0.15) is 0 Å². The number of rotatable bonds is 6. The molecule has 0 saturated heterocycles. The second kappa shape index (κ2) is 7.39. The molecule has 0 aromatic heterocycles. The summed E-state index contributed by atoms with van der Waals surface area (Å²) < 4.78 is 35.0. The molecule has 0 bridgehead atoms. The summed E-state index contributed by atoms with van der Waals surface area (Å²) in [5, 5.41) is 11.0. The Balaban J connectivity index is 2.52. The summed E-state index contributed by atoms with van der Waals surface area (Å²) in [6.07, 6.45) is 0. The van der Waals surface area contributed by atoms with Crippen LogP contribution in [0.5, 0.6) is 5.75 Å². The first-order valence-electron chi connectivity index (χ1n) is 5.53. The highest BCUT2D eigenvalue weighted by atomic mass is 19.1. The Morgan fingerprint density at radius 1 is 1.40 bits per heavy atom. The van der Waals surface area contributed by atoms with Crippen molar-refractivity contribution in [1.29, 1.82) is 0 Å². The highest BCUT2D eigenvalue weighted by molar-refractivity contribution is 5.85. The minimum absolute atomic E-state index is 0.305. The predicted octanol–water partition coefficient (Wildman–Crippen LogP) is -0.00630. The Morgan fingerprint density at radius 3 is 2.65 bits per heavy atom. The molecule has 0 aliphatic carbocycles. The summed E-state index contributed by atoms with van der Waals surface area (Å²) >= 11 is 0. The van der Waals surface area contributed by atoms with Gasteiger partial charge in [-0.15, -0.1) is 0 Å². The van der Waals surface area contributed by atoms with E-state index in [9.17, 15) is 18.4 Å². The average molecular weight is 289 g/mol. The van der Waals surface area contributed by atoms with Crippen LogP contribution in [0.3, 0.4) is 0 Å². The van der Waals surface area contributed by atoms with E-state index in [1.54, 1.807) is 0 Å². The molecule has 1 aromatic carbocycles. The van der Waals surface area contributed by atoms with E-state index in [4.69, 9.17) is 9.84 Å². The van der Waals surface area contributed by atoms with Gasteiger partial charge in [-0.25, -0.2) is 13.6 Å². The number of benzene rings is 1. The molecule has 0 aliphatic rings. The maximum Gasteiger partial charge on any atom is 0.330 e. The Labute approximate surface area is 113 Å². The molecule has 6 nitrogen and oxygen atoms in total. The van der Waals surface area contributed by atoms with Crippen LogP contribution in [0.15, 0.2) is 18.2 Å². The van der Waals surface area contributed by atoms with Crippen molar-refractivity contribution in [3.05, 3.63) is 29.8 Å². The summed E-state index contributed by atoms with van der Waals surface area (Å²) in [6, 6.07) is 1.38. The number of nitrogens with one attached hydrogen (secondary N) is 1. The highest BCUT2D eigenvalue weighted by Gasteiger charge is 2.20. The van der Waals surface area contributed by atoms with Crippen LogP contribution in [0, 0.1) is 11.6 Å². The average Bonchev–Trinajstić information content (AvgIpc) is 2.43. The molecule has 1 aromatic rings. The fourth-order valence-corrected chi connectivity index (χ4v) is 1.29. The Morgan fingerprint density at radius 2 is 2.10 bits per heavy atom. The van der Waals surface area contributed by atoms with E-state index in [0.717, 1.165) is 19.2 Å². The molecule has 1 unspecified atom stereocenters. The van der Waals surface area contributed by atoms with Crippen LogP contribution in [0.2, 0.25) is 0 Å². The third kappa shape index (κ3) is 4.47. The molecule has 1 rings (SSSR count). The van der Waals surface area contributed by atoms with Gasteiger partial charge >= 0.3 is 5.97 Å². The number of ether oxygens (including phenoxy) is 2. The zero-order chi connectivity index (χ0) is 15.1. The van der Waals surface area contributed by atoms with Crippen molar-refractivity contribution in [2.45, 2.75) is 6.04 Å². The number of hydrogen-bond donors (Lipinski definition) is 2. The van der Waals surface area contributed by atoms with Crippen LogP contribution in [0.4, 0.5) is 8.78 Å². The predicted molar refractivity (Wildman–Crippen MR) is 62.9 cm³/mol. The smallest absolute Gasteiger partial charge is 0.330 e. The second-order valence-corrected chi connectivity index (χ2v) is 3.69. The van der Waals surface area contributed by atoms with Crippen LogP contribution in [0.25, 0.3) is 0 Å². The molecule has 0 radical (unpaired) electrons. The van der Waals surface area contributed by atoms with E-state index in [-0.39, 0.29) is 5.75 Å². The van der Waals surface area contributed by atoms with Gasteiger partial charge in [0, 0.05) is 6.07 Å². The van der Waals surface area contributed by atoms with Crippen molar-refractivity contribution >= 4 is 11.9 Å². The first kappa shape index (κ1) is 15.8. The molecular weight excluding hydrogens is 276 g/mol. The zero-order valence-electron chi connectivity index (χ0n) is 10.6. The van der Waals surface area contributed by atoms with E-state index < -0.39 is 42.8 Å². The van der Waals surface area contributed by atoms with Gasteiger partial charge in [-0.2, -0.15) is 0 Å². The number of hydrogen-bond acceptors (Lipinski definition) is 5. The third-order valence-electron chi connectivity index (χ3n) is 2.26. The van der Waals surface area contributed by atoms with Gasteiger partial charge in [0.1, 0.15) is 5.82 Å². The largest absolute Gasteiger partial charge is 0.481 e. The number of esters is 1. The van der Waals surface area contributed by atoms with Crippen LogP contribution in [-0.2, 0) is 14.3 Å². The molecule has 20 heavy (non-hydrogen) atoms. The van der Waals surface area contributed by atoms with Gasteiger partial charge in [-0.05, 0) is 12.1 Å². The van der Waals surface area contributed by atoms with Gasteiger partial charge < -0.3 is 19.9 Å². The summed E-state index contributed by atoms with van der Waals surface area (Å²) in [7, 11) is 1.10. The SMILES string of the molecule is COC(=O)C(CO)NC(=O)COc1ccc(F)cc1F. The fourth-order valence-electron chi connectivity index (χ4n) is 1.29. The van der Waals surface area contributed by atoms with E-state index in [2.05, 4.69) is 10.1 Å². The standard InChI is InChI=1S/C12H13F2NO5/c1-19-12(18)9(5-16)15-11(17)6-20-10-3-2-7(13)4-8(10)14/h2-4,9,16H,5-6H2,1H3,(H,15,17). The fraction of sp³-hybridized carbons (Fsp3) is 0.333. The molecule has 110 valence electrons. The van der Waals surface area contributed by atoms with Gasteiger partial charge in [0.2, 0.25) is 0 Å². The minimum atomic E-state index is -1.23. The number of amides is 1. The quantitative estimate of drug-likeness (QED) is 0.720. The van der Waals surface area contributed by atoms with E-state index in [1.807, 2.05) is 0 Å². The Bertz CT molecular complexity index is 495. The summed E-state index contributed by atoms with van der Waals surface area (Å²) in [5.74, 6) is -3.62. The number of aliphatic hydroxyl groups is 1. The van der Waals surface area contributed by atoms with Crippen molar-refractivity contribution in [2.24, 2.45) is 0 Å². The Kier molecular flexibility index (Phi) is 5.85. The number of aliphatic hydroxyl groups excluding tert-OH is 1. The second-order valence-electron chi connectivity index (χ2n) is 3.69. The molecule has 0 aliphatic heterocycles. The summed E-state index contributed by atoms with van der Waals surface area (Å²) in [6.45, 7) is -1.25. The normalized spacial score (nSPS) is 11.6. The lowest BCUT2D eigenvalue weighted by molar-refractivity contribution is -0.146. The number of halogens is 2.